The second-order valence-electron chi connectivity index (χ2n) is 5.88. The third-order valence-corrected chi connectivity index (χ3v) is 3.76. The highest BCUT2D eigenvalue weighted by Gasteiger charge is 2.28. The van der Waals surface area contributed by atoms with Crippen molar-refractivity contribution >= 4 is 5.97 Å². The fraction of sp³-hybridized carbons (Fsp3) is 0.588. The lowest BCUT2D eigenvalue weighted by Gasteiger charge is -2.18. The van der Waals surface area contributed by atoms with Crippen LogP contribution in [0.3, 0.4) is 0 Å². The number of hydrogen-bond acceptors (Lipinski definition) is 4. The number of esters is 1. The number of methoxy groups -OCH3 is 1. The molecule has 1 N–H and O–H groups in total. The highest BCUT2D eigenvalue weighted by Crippen LogP contribution is 2.25. The van der Waals surface area contributed by atoms with Crippen molar-refractivity contribution in [1.29, 1.82) is 0 Å². The molecule has 2 rings (SSSR count). The highest BCUT2D eigenvalue weighted by atomic mass is 16.5. The van der Waals surface area contributed by atoms with E-state index in [2.05, 4.69) is 38.2 Å². The number of ether oxygens (including phenoxy) is 2. The van der Waals surface area contributed by atoms with Gasteiger partial charge in [0.1, 0.15) is 11.8 Å². The Morgan fingerprint density at radius 1 is 1.29 bits per heavy atom. The summed E-state index contributed by atoms with van der Waals surface area (Å²) in [5, 5.41) is 3.31. The van der Waals surface area contributed by atoms with Gasteiger partial charge in [-0.3, -0.25) is 4.79 Å². The Kier molecular flexibility index (Phi) is 5.23. The summed E-state index contributed by atoms with van der Waals surface area (Å²) in [5.74, 6) is 0.721. The fourth-order valence-electron chi connectivity index (χ4n) is 2.62. The van der Waals surface area contributed by atoms with Crippen LogP contribution in [0.1, 0.15) is 36.0 Å². The number of nitrogens with one attached hydrogen (secondary N) is 1. The molecule has 1 atom stereocenters. The third kappa shape index (κ3) is 4.46. The minimum Gasteiger partial charge on any atom is -0.493 e. The third-order valence-electron chi connectivity index (χ3n) is 3.76. The van der Waals surface area contributed by atoms with E-state index in [1.165, 1.54) is 12.7 Å². The van der Waals surface area contributed by atoms with Crippen molar-refractivity contribution in [2.75, 3.05) is 13.7 Å². The maximum Gasteiger partial charge on any atom is 0.322 e. The van der Waals surface area contributed by atoms with E-state index >= 15 is 0 Å². The molecule has 0 saturated heterocycles. The number of rotatable bonds is 7. The van der Waals surface area contributed by atoms with Crippen LogP contribution in [0.2, 0.25) is 0 Å². The predicted octanol–water partition coefficient (Wildman–Crippen LogP) is 2.67. The van der Waals surface area contributed by atoms with Crippen LogP contribution in [0.5, 0.6) is 5.75 Å². The number of benzene rings is 1. The van der Waals surface area contributed by atoms with E-state index < -0.39 is 0 Å². The molecular formula is C17H25NO3. The summed E-state index contributed by atoms with van der Waals surface area (Å²) in [5.41, 5.74) is 3.51. The van der Waals surface area contributed by atoms with Gasteiger partial charge in [0.05, 0.1) is 13.7 Å². The van der Waals surface area contributed by atoms with Gasteiger partial charge in [-0.15, -0.1) is 0 Å². The maximum absolute atomic E-state index is 11.8. The Hall–Kier alpha value is -1.55. The molecule has 0 amide bonds. The van der Waals surface area contributed by atoms with Crippen LogP contribution < -0.4 is 10.1 Å². The molecule has 4 heteroatoms. The first-order chi connectivity index (χ1) is 10.0. The molecule has 116 valence electrons. The van der Waals surface area contributed by atoms with Gasteiger partial charge in [0.2, 0.25) is 0 Å². The Bertz CT molecular complexity index is 486. The van der Waals surface area contributed by atoms with Crippen molar-refractivity contribution in [2.24, 2.45) is 0 Å². The van der Waals surface area contributed by atoms with Crippen LogP contribution >= 0.6 is 0 Å². The summed E-state index contributed by atoms with van der Waals surface area (Å²) in [6.45, 7) is 6.69. The first kappa shape index (κ1) is 15.8. The van der Waals surface area contributed by atoms with Crippen LogP contribution in [0.25, 0.3) is 0 Å². The number of carbonyl (C=O) groups excluding carboxylic acids is 1. The smallest absolute Gasteiger partial charge is 0.322 e. The van der Waals surface area contributed by atoms with Crippen molar-refractivity contribution in [3.63, 3.8) is 0 Å². The second-order valence-corrected chi connectivity index (χ2v) is 5.88. The van der Waals surface area contributed by atoms with E-state index in [0.29, 0.717) is 19.1 Å². The zero-order chi connectivity index (χ0) is 15.4. The fourth-order valence-corrected chi connectivity index (χ4v) is 2.62. The Morgan fingerprint density at radius 2 is 1.90 bits per heavy atom. The van der Waals surface area contributed by atoms with Crippen molar-refractivity contribution in [2.45, 2.75) is 52.1 Å². The van der Waals surface area contributed by atoms with Gasteiger partial charge in [-0.1, -0.05) is 17.7 Å². The molecule has 1 saturated carbocycles. The SMILES string of the molecule is COC(=O)C(CCOc1c(C)cc(C)cc1C)NC1CC1. The normalized spacial score (nSPS) is 15.6. The van der Waals surface area contributed by atoms with Gasteiger partial charge in [-0.2, -0.15) is 0 Å². The monoisotopic (exact) mass is 291 g/mol. The van der Waals surface area contributed by atoms with E-state index in [4.69, 9.17) is 9.47 Å². The first-order valence-corrected chi connectivity index (χ1v) is 7.55. The molecule has 0 spiro atoms. The van der Waals surface area contributed by atoms with Crippen LogP contribution in [-0.4, -0.2) is 31.8 Å². The summed E-state index contributed by atoms with van der Waals surface area (Å²) in [6, 6.07) is 4.43. The molecule has 1 aliphatic rings. The molecule has 0 bridgehead atoms. The molecular weight excluding hydrogens is 266 g/mol. The van der Waals surface area contributed by atoms with Gasteiger partial charge in [-0.25, -0.2) is 0 Å². The van der Waals surface area contributed by atoms with E-state index in [1.54, 1.807) is 0 Å². The van der Waals surface area contributed by atoms with Crippen molar-refractivity contribution in [3.8, 4) is 5.75 Å². The molecule has 1 aliphatic carbocycles. The van der Waals surface area contributed by atoms with E-state index in [0.717, 1.165) is 29.7 Å². The van der Waals surface area contributed by atoms with Gasteiger partial charge in [0.25, 0.3) is 0 Å². The number of carbonyl (C=O) groups is 1. The molecule has 1 aromatic rings. The molecule has 1 unspecified atom stereocenters. The lowest BCUT2D eigenvalue weighted by molar-refractivity contribution is -0.143. The largest absolute Gasteiger partial charge is 0.493 e. The molecule has 4 nitrogen and oxygen atoms in total. The van der Waals surface area contributed by atoms with Gasteiger partial charge in [-0.05, 0) is 44.7 Å². The van der Waals surface area contributed by atoms with Crippen molar-refractivity contribution in [1.82, 2.24) is 5.32 Å². The first-order valence-electron chi connectivity index (χ1n) is 7.55. The summed E-state index contributed by atoms with van der Waals surface area (Å²) in [7, 11) is 1.43. The maximum atomic E-state index is 11.8. The minimum atomic E-state index is -0.270. The van der Waals surface area contributed by atoms with E-state index in [-0.39, 0.29) is 12.0 Å². The van der Waals surface area contributed by atoms with Crippen LogP contribution in [0.15, 0.2) is 12.1 Å². The molecule has 0 aromatic heterocycles. The Morgan fingerprint density at radius 3 is 2.43 bits per heavy atom. The predicted molar refractivity (Wildman–Crippen MR) is 82.7 cm³/mol. The van der Waals surface area contributed by atoms with Crippen molar-refractivity contribution < 1.29 is 14.3 Å². The summed E-state index contributed by atoms with van der Waals surface area (Å²) < 4.78 is 10.8. The molecule has 1 aromatic carbocycles. The zero-order valence-electron chi connectivity index (χ0n) is 13.4. The Balaban J connectivity index is 1.91. The summed E-state index contributed by atoms with van der Waals surface area (Å²) >= 11 is 0. The van der Waals surface area contributed by atoms with E-state index in [9.17, 15) is 4.79 Å². The molecule has 0 heterocycles. The van der Waals surface area contributed by atoms with Crippen LogP contribution in [0, 0.1) is 20.8 Å². The standard InChI is InChI=1S/C17H25NO3/c1-11-9-12(2)16(13(3)10-11)21-8-7-15(17(19)20-4)18-14-5-6-14/h9-10,14-15,18H,5-8H2,1-4H3. The van der Waals surface area contributed by atoms with Crippen LogP contribution in [-0.2, 0) is 9.53 Å². The van der Waals surface area contributed by atoms with E-state index in [1.807, 2.05) is 0 Å². The van der Waals surface area contributed by atoms with Gasteiger partial charge in [0, 0.05) is 12.5 Å². The number of hydrogen-bond donors (Lipinski definition) is 1. The Labute approximate surface area is 126 Å². The lowest BCUT2D eigenvalue weighted by Crippen LogP contribution is -2.40. The highest BCUT2D eigenvalue weighted by molar-refractivity contribution is 5.75. The second kappa shape index (κ2) is 6.94. The summed E-state index contributed by atoms with van der Waals surface area (Å²) in [6.07, 6.45) is 2.91. The van der Waals surface area contributed by atoms with Gasteiger partial charge < -0.3 is 14.8 Å². The molecule has 0 radical (unpaired) electrons. The van der Waals surface area contributed by atoms with Gasteiger partial charge in [0.15, 0.2) is 0 Å². The van der Waals surface area contributed by atoms with Crippen molar-refractivity contribution in [3.05, 3.63) is 28.8 Å². The lowest BCUT2D eigenvalue weighted by atomic mass is 10.1. The molecule has 21 heavy (non-hydrogen) atoms. The quantitative estimate of drug-likeness (QED) is 0.785. The summed E-state index contributed by atoms with van der Waals surface area (Å²) in [4.78, 5) is 11.8. The van der Waals surface area contributed by atoms with Gasteiger partial charge >= 0.3 is 5.97 Å². The minimum absolute atomic E-state index is 0.206. The number of aryl methyl sites for hydroxylation is 3. The topological polar surface area (TPSA) is 47.6 Å². The average molecular weight is 291 g/mol. The zero-order valence-corrected chi connectivity index (χ0v) is 13.4. The molecule has 0 aliphatic heterocycles. The average Bonchev–Trinajstić information content (AvgIpc) is 3.23. The van der Waals surface area contributed by atoms with Crippen LogP contribution in [0.4, 0.5) is 0 Å². The molecule has 1 fully saturated rings.